The number of rotatable bonds is 5. The first kappa shape index (κ1) is 18.1. The number of aromatic nitrogens is 2. The van der Waals surface area contributed by atoms with E-state index in [-0.39, 0.29) is 23.1 Å². The molecule has 134 valence electrons. The summed E-state index contributed by atoms with van der Waals surface area (Å²) in [6, 6.07) is 12.4. The normalized spacial score (nSPS) is 10.8. The van der Waals surface area contributed by atoms with Crippen LogP contribution in [0.2, 0.25) is 0 Å². The van der Waals surface area contributed by atoms with Gasteiger partial charge in [0.2, 0.25) is 5.88 Å². The van der Waals surface area contributed by atoms with Crippen LogP contribution in [-0.4, -0.2) is 9.97 Å². The van der Waals surface area contributed by atoms with Gasteiger partial charge in [0.25, 0.3) is 0 Å². The molecule has 3 aromatic rings. The van der Waals surface area contributed by atoms with Crippen LogP contribution in [0.25, 0.3) is 0 Å². The number of hydrogen-bond acceptors (Lipinski definition) is 5. The summed E-state index contributed by atoms with van der Waals surface area (Å²) in [5.41, 5.74) is 7.75. The number of anilines is 3. The second-order valence-electron chi connectivity index (χ2n) is 6.02. The van der Waals surface area contributed by atoms with E-state index in [0.29, 0.717) is 16.1 Å². The average molecular weight is 417 g/mol. The molecule has 1 heterocycles. The molecule has 0 spiro atoms. The summed E-state index contributed by atoms with van der Waals surface area (Å²) in [5.74, 6) is 1.10. The van der Waals surface area contributed by atoms with E-state index in [1.165, 1.54) is 18.0 Å². The summed E-state index contributed by atoms with van der Waals surface area (Å²) in [6.45, 7) is 4.24. The molecule has 0 fully saturated rings. The SMILES string of the molecule is CC(C)c1ccc(Oc2ncnc(Nc3ccc(Br)cc3F)c2N)cc1. The molecule has 26 heavy (non-hydrogen) atoms. The van der Waals surface area contributed by atoms with Crippen LogP contribution in [0.15, 0.2) is 53.3 Å². The molecule has 0 radical (unpaired) electrons. The zero-order chi connectivity index (χ0) is 18.7. The third kappa shape index (κ3) is 4.11. The van der Waals surface area contributed by atoms with Crippen molar-refractivity contribution in [3.63, 3.8) is 0 Å². The van der Waals surface area contributed by atoms with Gasteiger partial charge < -0.3 is 15.8 Å². The zero-order valence-corrected chi connectivity index (χ0v) is 15.9. The Labute approximate surface area is 159 Å². The molecule has 0 saturated carbocycles. The summed E-state index contributed by atoms with van der Waals surface area (Å²) in [4.78, 5) is 8.14. The molecule has 1 aromatic heterocycles. The van der Waals surface area contributed by atoms with E-state index in [0.717, 1.165) is 0 Å². The molecule has 3 rings (SSSR count). The van der Waals surface area contributed by atoms with Gasteiger partial charge in [-0.15, -0.1) is 0 Å². The smallest absolute Gasteiger partial charge is 0.248 e. The van der Waals surface area contributed by atoms with Crippen molar-refractivity contribution >= 4 is 33.1 Å². The maximum Gasteiger partial charge on any atom is 0.248 e. The van der Waals surface area contributed by atoms with Crippen LogP contribution >= 0.6 is 15.9 Å². The van der Waals surface area contributed by atoms with E-state index >= 15 is 0 Å². The second kappa shape index (κ2) is 7.70. The summed E-state index contributed by atoms with van der Waals surface area (Å²) in [5, 5.41) is 2.87. The number of hydrogen-bond donors (Lipinski definition) is 2. The molecule has 0 atom stereocenters. The molecular formula is C19H18BrFN4O. The van der Waals surface area contributed by atoms with E-state index in [1.54, 1.807) is 12.1 Å². The van der Waals surface area contributed by atoms with E-state index in [4.69, 9.17) is 10.5 Å². The van der Waals surface area contributed by atoms with Crippen molar-refractivity contribution < 1.29 is 9.13 Å². The molecule has 3 N–H and O–H groups in total. The Hall–Kier alpha value is -2.67. The van der Waals surface area contributed by atoms with Crippen molar-refractivity contribution in [2.75, 3.05) is 11.1 Å². The Balaban J connectivity index is 1.82. The van der Waals surface area contributed by atoms with Gasteiger partial charge in [-0.05, 0) is 41.8 Å². The van der Waals surface area contributed by atoms with Crippen LogP contribution < -0.4 is 15.8 Å². The molecule has 0 aliphatic carbocycles. The lowest BCUT2D eigenvalue weighted by Gasteiger charge is -2.13. The lowest BCUT2D eigenvalue weighted by molar-refractivity contribution is 0.464. The number of benzene rings is 2. The Kier molecular flexibility index (Phi) is 5.37. The number of nitrogen functional groups attached to an aromatic ring is 1. The maximum atomic E-state index is 14.0. The minimum absolute atomic E-state index is 0.197. The third-order valence-corrected chi connectivity index (χ3v) is 4.29. The fourth-order valence-corrected chi connectivity index (χ4v) is 2.64. The van der Waals surface area contributed by atoms with E-state index in [9.17, 15) is 4.39 Å². The van der Waals surface area contributed by atoms with Gasteiger partial charge in [-0.2, -0.15) is 4.98 Å². The lowest BCUT2D eigenvalue weighted by Crippen LogP contribution is -2.04. The van der Waals surface area contributed by atoms with Gasteiger partial charge in [-0.25, -0.2) is 9.37 Å². The summed E-state index contributed by atoms with van der Waals surface area (Å²) in [6.07, 6.45) is 1.31. The highest BCUT2D eigenvalue weighted by Gasteiger charge is 2.13. The molecule has 7 heteroatoms. The standard InChI is InChI=1S/C19H18BrFN4O/c1-11(2)12-3-6-14(7-4-12)26-19-17(22)18(23-10-24-19)25-16-8-5-13(20)9-15(16)21/h3-11H,22H2,1-2H3,(H,23,24,25). The molecular weight excluding hydrogens is 399 g/mol. The van der Waals surface area contributed by atoms with Crippen molar-refractivity contribution in [1.29, 1.82) is 0 Å². The highest BCUT2D eigenvalue weighted by molar-refractivity contribution is 9.10. The maximum absolute atomic E-state index is 14.0. The molecule has 2 aromatic carbocycles. The van der Waals surface area contributed by atoms with Gasteiger partial charge in [-0.3, -0.25) is 0 Å². The number of ether oxygens (including phenoxy) is 1. The Morgan fingerprint density at radius 2 is 1.85 bits per heavy atom. The number of nitrogens with zero attached hydrogens (tertiary/aromatic N) is 2. The highest BCUT2D eigenvalue weighted by atomic mass is 79.9. The molecule has 0 amide bonds. The summed E-state index contributed by atoms with van der Waals surface area (Å²) in [7, 11) is 0. The zero-order valence-electron chi connectivity index (χ0n) is 14.3. The largest absolute Gasteiger partial charge is 0.437 e. The molecule has 0 bridgehead atoms. The Bertz CT molecular complexity index is 916. The highest BCUT2D eigenvalue weighted by Crippen LogP contribution is 2.32. The minimum atomic E-state index is -0.427. The first-order valence-electron chi connectivity index (χ1n) is 8.04. The van der Waals surface area contributed by atoms with Crippen LogP contribution in [0, 0.1) is 5.82 Å². The topological polar surface area (TPSA) is 73.1 Å². The van der Waals surface area contributed by atoms with Gasteiger partial charge >= 0.3 is 0 Å². The molecule has 0 aliphatic heterocycles. The summed E-state index contributed by atoms with van der Waals surface area (Å²) < 4.78 is 20.4. The van der Waals surface area contributed by atoms with Crippen LogP contribution in [0.5, 0.6) is 11.6 Å². The quantitative estimate of drug-likeness (QED) is 0.564. The summed E-state index contributed by atoms with van der Waals surface area (Å²) >= 11 is 3.22. The van der Waals surface area contributed by atoms with Crippen LogP contribution in [0.1, 0.15) is 25.3 Å². The monoisotopic (exact) mass is 416 g/mol. The molecule has 0 unspecified atom stereocenters. The van der Waals surface area contributed by atoms with E-state index < -0.39 is 5.82 Å². The third-order valence-electron chi connectivity index (χ3n) is 3.79. The van der Waals surface area contributed by atoms with Crippen molar-refractivity contribution in [2.24, 2.45) is 0 Å². The predicted octanol–water partition coefficient (Wildman–Crippen LogP) is 5.62. The molecule has 0 aliphatic rings. The van der Waals surface area contributed by atoms with Crippen LogP contribution in [0.4, 0.5) is 21.6 Å². The second-order valence-corrected chi connectivity index (χ2v) is 6.93. The Morgan fingerprint density at radius 1 is 1.12 bits per heavy atom. The number of nitrogens with two attached hydrogens (primary N) is 1. The van der Waals surface area contributed by atoms with Crippen LogP contribution in [-0.2, 0) is 0 Å². The Morgan fingerprint density at radius 3 is 2.50 bits per heavy atom. The van der Waals surface area contributed by atoms with Gasteiger partial charge in [0, 0.05) is 4.47 Å². The van der Waals surface area contributed by atoms with Gasteiger partial charge in [0.15, 0.2) is 5.82 Å². The van der Waals surface area contributed by atoms with Crippen molar-refractivity contribution in [2.45, 2.75) is 19.8 Å². The van der Waals surface area contributed by atoms with E-state index in [1.807, 2.05) is 24.3 Å². The lowest BCUT2D eigenvalue weighted by atomic mass is 10.0. The predicted molar refractivity (Wildman–Crippen MR) is 104 cm³/mol. The van der Waals surface area contributed by atoms with Crippen molar-refractivity contribution in [1.82, 2.24) is 9.97 Å². The molecule has 0 saturated heterocycles. The van der Waals surface area contributed by atoms with Gasteiger partial charge in [0.05, 0.1) is 5.69 Å². The first-order chi connectivity index (χ1) is 12.4. The number of halogens is 2. The van der Waals surface area contributed by atoms with Crippen molar-refractivity contribution in [3.05, 3.63) is 64.6 Å². The first-order valence-corrected chi connectivity index (χ1v) is 8.83. The van der Waals surface area contributed by atoms with Gasteiger partial charge in [-0.1, -0.05) is 41.9 Å². The van der Waals surface area contributed by atoms with Gasteiger partial charge in [0.1, 0.15) is 23.6 Å². The average Bonchev–Trinajstić information content (AvgIpc) is 2.61. The molecule has 5 nitrogen and oxygen atoms in total. The number of nitrogens with one attached hydrogen (secondary N) is 1. The van der Waals surface area contributed by atoms with Crippen molar-refractivity contribution in [3.8, 4) is 11.6 Å². The van der Waals surface area contributed by atoms with E-state index in [2.05, 4.69) is 45.1 Å². The fraction of sp³-hybridized carbons (Fsp3) is 0.158. The van der Waals surface area contributed by atoms with Crippen LogP contribution in [0.3, 0.4) is 0 Å². The minimum Gasteiger partial charge on any atom is -0.437 e. The fourth-order valence-electron chi connectivity index (χ4n) is 2.31.